The number of carbonyl (C=O) groups excluding carboxylic acids is 1. The van der Waals surface area contributed by atoms with Crippen molar-refractivity contribution < 1.29 is 18.2 Å². The minimum Gasteiger partial charge on any atom is -0.496 e. The molecule has 3 rings (SSSR count). The highest BCUT2D eigenvalue weighted by molar-refractivity contribution is 9.10. The van der Waals surface area contributed by atoms with Gasteiger partial charge >= 0.3 is 0 Å². The van der Waals surface area contributed by atoms with Crippen molar-refractivity contribution in [2.75, 3.05) is 7.11 Å². The molecule has 5 nitrogen and oxygen atoms in total. The molecule has 0 radical (unpaired) electrons. The van der Waals surface area contributed by atoms with E-state index in [9.17, 15) is 9.00 Å². The Morgan fingerprint density at radius 2 is 2.00 bits per heavy atom. The molecule has 0 spiro atoms. The average molecular weight is 497 g/mol. The minimum absolute atomic E-state index is 0.175. The highest BCUT2D eigenvalue weighted by Crippen LogP contribution is 2.23. The average Bonchev–Trinajstić information content (AvgIpc) is 3.14. The molecule has 1 amide bonds. The van der Waals surface area contributed by atoms with Gasteiger partial charge in [0, 0.05) is 38.2 Å². The van der Waals surface area contributed by atoms with E-state index in [4.69, 9.17) is 20.8 Å². The summed E-state index contributed by atoms with van der Waals surface area (Å²) in [7, 11) is 0.404. The van der Waals surface area contributed by atoms with Crippen LogP contribution in [0.2, 0.25) is 5.02 Å². The van der Waals surface area contributed by atoms with E-state index in [1.165, 1.54) is 0 Å². The zero-order valence-corrected chi connectivity index (χ0v) is 18.8. The molecule has 0 bridgehead atoms. The lowest BCUT2D eigenvalue weighted by molar-refractivity contribution is 0.0921. The van der Waals surface area contributed by atoms with Crippen molar-refractivity contribution in [2.24, 2.45) is 0 Å². The molecule has 8 heteroatoms. The summed E-state index contributed by atoms with van der Waals surface area (Å²) < 4.78 is 24.1. The van der Waals surface area contributed by atoms with Gasteiger partial charge in [-0.2, -0.15) is 0 Å². The molecule has 0 aliphatic carbocycles. The molecule has 0 aliphatic rings. The third-order valence-electron chi connectivity index (χ3n) is 4.09. The molecule has 0 unspecified atom stereocenters. The smallest absolute Gasteiger partial charge is 0.287 e. The monoisotopic (exact) mass is 495 g/mol. The first-order valence-corrected chi connectivity index (χ1v) is 11.4. The summed E-state index contributed by atoms with van der Waals surface area (Å²) in [5, 5.41) is 3.42. The van der Waals surface area contributed by atoms with Gasteiger partial charge in [0.15, 0.2) is 5.76 Å². The third-order valence-corrected chi connectivity index (χ3v) is 6.08. The number of furan rings is 1. The molecule has 1 N–H and O–H groups in total. The summed E-state index contributed by atoms with van der Waals surface area (Å²) in [6, 6.07) is 16.1. The van der Waals surface area contributed by atoms with Gasteiger partial charge in [0.25, 0.3) is 5.91 Å². The molecule has 0 saturated heterocycles. The van der Waals surface area contributed by atoms with Crippen LogP contribution in [0.3, 0.4) is 0 Å². The lowest BCUT2D eigenvalue weighted by atomic mass is 10.2. The van der Waals surface area contributed by atoms with Crippen LogP contribution in [0.4, 0.5) is 0 Å². The first-order chi connectivity index (χ1) is 13.9. The summed E-state index contributed by atoms with van der Waals surface area (Å²) in [5.74, 6) is 1.60. The second-order valence-corrected chi connectivity index (χ2v) is 9.07. The Bertz CT molecular complexity index is 1040. The van der Waals surface area contributed by atoms with Gasteiger partial charge in [-0.3, -0.25) is 9.00 Å². The van der Waals surface area contributed by atoms with E-state index >= 15 is 0 Å². The van der Waals surface area contributed by atoms with Crippen LogP contribution in [0, 0.1) is 0 Å². The third kappa shape index (κ3) is 6.19. The molecular formula is C21H19BrClNO4S. The predicted octanol–water partition coefficient (Wildman–Crippen LogP) is 5.08. The number of rotatable bonds is 8. The van der Waals surface area contributed by atoms with Gasteiger partial charge in [0.2, 0.25) is 0 Å². The molecule has 1 aromatic heterocycles. The van der Waals surface area contributed by atoms with Crippen molar-refractivity contribution in [3.8, 4) is 5.75 Å². The van der Waals surface area contributed by atoms with Gasteiger partial charge in [-0.15, -0.1) is 0 Å². The summed E-state index contributed by atoms with van der Waals surface area (Å²) in [4.78, 5) is 12.4. The number of hydrogen-bond donors (Lipinski definition) is 1. The summed E-state index contributed by atoms with van der Waals surface area (Å²) >= 11 is 9.36. The van der Waals surface area contributed by atoms with Gasteiger partial charge < -0.3 is 14.5 Å². The van der Waals surface area contributed by atoms with E-state index in [1.807, 2.05) is 30.3 Å². The molecule has 1 atom stereocenters. The Morgan fingerprint density at radius 3 is 2.76 bits per heavy atom. The Kier molecular flexibility index (Phi) is 7.52. The molecular weight excluding hydrogens is 478 g/mol. The lowest BCUT2D eigenvalue weighted by Gasteiger charge is -2.09. The zero-order chi connectivity index (χ0) is 20.8. The molecule has 0 fully saturated rings. The zero-order valence-electron chi connectivity index (χ0n) is 15.6. The van der Waals surface area contributed by atoms with Gasteiger partial charge in [-0.25, -0.2) is 0 Å². The molecule has 0 saturated carbocycles. The largest absolute Gasteiger partial charge is 0.496 e. The maximum Gasteiger partial charge on any atom is 0.287 e. The number of nitrogens with one attached hydrogen (secondary N) is 1. The Labute approximate surface area is 185 Å². The normalized spacial score (nSPS) is 11.8. The molecule has 29 heavy (non-hydrogen) atoms. The highest BCUT2D eigenvalue weighted by atomic mass is 79.9. The van der Waals surface area contributed by atoms with Crippen molar-refractivity contribution in [3.63, 3.8) is 0 Å². The number of amides is 1. The van der Waals surface area contributed by atoms with Gasteiger partial charge in [-0.1, -0.05) is 39.7 Å². The van der Waals surface area contributed by atoms with Gasteiger partial charge in [-0.05, 0) is 48.0 Å². The number of methoxy groups -OCH3 is 1. The van der Waals surface area contributed by atoms with E-state index in [0.717, 1.165) is 15.6 Å². The Balaban J connectivity index is 1.57. The second-order valence-electron chi connectivity index (χ2n) is 6.26. The number of carbonyl (C=O) groups is 1. The minimum atomic E-state index is -1.18. The van der Waals surface area contributed by atoms with Crippen LogP contribution in [0.15, 0.2) is 63.5 Å². The molecule has 152 valence electrons. The maximum absolute atomic E-state index is 12.4. The molecule has 0 aliphatic heterocycles. The summed E-state index contributed by atoms with van der Waals surface area (Å²) in [6.07, 6.45) is 0. The van der Waals surface area contributed by atoms with Crippen LogP contribution in [-0.4, -0.2) is 17.2 Å². The lowest BCUT2D eigenvalue weighted by Crippen LogP contribution is -2.22. The SMILES string of the molecule is COc1ccc(Br)cc1CNC(=O)c1ccc(C[S@](=O)Cc2cccc(Cl)c2)o1. The Hall–Kier alpha value is -2.09. The van der Waals surface area contributed by atoms with Crippen LogP contribution in [0.5, 0.6) is 5.75 Å². The molecule has 2 aromatic carbocycles. The van der Waals surface area contributed by atoms with Gasteiger partial charge in [0.1, 0.15) is 11.5 Å². The topological polar surface area (TPSA) is 68.5 Å². The van der Waals surface area contributed by atoms with Crippen LogP contribution in [0.25, 0.3) is 0 Å². The number of ether oxygens (including phenoxy) is 1. The molecule has 1 heterocycles. The first-order valence-electron chi connectivity index (χ1n) is 8.73. The molecule has 3 aromatic rings. The van der Waals surface area contributed by atoms with Crippen molar-refractivity contribution >= 4 is 44.2 Å². The van der Waals surface area contributed by atoms with Gasteiger partial charge in [0.05, 0.1) is 12.9 Å². The van der Waals surface area contributed by atoms with Crippen molar-refractivity contribution in [2.45, 2.75) is 18.1 Å². The van der Waals surface area contributed by atoms with E-state index in [1.54, 1.807) is 31.4 Å². The predicted molar refractivity (Wildman–Crippen MR) is 118 cm³/mol. The summed E-state index contributed by atoms with van der Waals surface area (Å²) in [5.41, 5.74) is 1.73. The standard InChI is InChI=1S/C21H19BrClNO4S/c1-27-19-7-5-16(22)10-15(19)11-24-21(25)20-8-6-18(28-20)13-29(26)12-14-3-2-4-17(23)9-14/h2-10H,11-13H2,1H3,(H,24,25)/t29-/m1/s1. The van der Waals surface area contributed by atoms with E-state index in [0.29, 0.717) is 22.3 Å². The fourth-order valence-electron chi connectivity index (χ4n) is 2.75. The summed E-state index contributed by atoms with van der Waals surface area (Å²) in [6.45, 7) is 0.290. The maximum atomic E-state index is 12.4. The van der Waals surface area contributed by atoms with E-state index < -0.39 is 10.8 Å². The number of halogens is 2. The fourth-order valence-corrected chi connectivity index (χ4v) is 4.50. The van der Waals surface area contributed by atoms with Crippen LogP contribution >= 0.6 is 27.5 Å². The number of benzene rings is 2. The van der Waals surface area contributed by atoms with Crippen molar-refractivity contribution in [1.29, 1.82) is 0 Å². The van der Waals surface area contributed by atoms with Crippen LogP contribution in [0.1, 0.15) is 27.4 Å². The van der Waals surface area contributed by atoms with Crippen LogP contribution < -0.4 is 10.1 Å². The second kappa shape index (κ2) is 10.1. The van der Waals surface area contributed by atoms with Crippen molar-refractivity contribution in [3.05, 3.63) is 86.7 Å². The Morgan fingerprint density at radius 1 is 1.17 bits per heavy atom. The van der Waals surface area contributed by atoms with E-state index in [2.05, 4.69) is 21.2 Å². The van der Waals surface area contributed by atoms with Crippen molar-refractivity contribution in [1.82, 2.24) is 5.32 Å². The quantitative estimate of drug-likeness (QED) is 0.472. The van der Waals surface area contributed by atoms with Crippen LogP contribution in [-0.2, 0) is 28.9 Å². The number of hydrogen-bond acceptors (Lipinski definition) is 4. The fraction of sp³-hybridized carbons (Fsp3) is 0.190. The first kappa shape index (κ1) is 21.6. The van der Waals surface area contributed by atoms with E-state index in [-0.39, 0.29) is 24.0 Å². The highest BCUT2D eigenvalue weighted by Gasteiger charge is 2.14.